The van der Waals surface area contributed by atoms with Gasteiger partial charge in [0.2, 0.25) is 0 Å². The molecule has 0 aliphatic heterocycles. The van der Waals surface area contributed by atoms with E-state index in [4.69, 9.17) is 14.6 Å². The molecule has 1 atom stereocenters. The van der Waals surface area contributed by atoms with E-state index in [2.05, 4.69) is 38.7 Å². The number of aliphatic carboxylic acids is 1. The number of carboxylic acids is 1. The zero-order valence-corrected chi connectivity index (χ0v) is 20.4. The maximum atomic E-state index is 12.6. The quantitative estimate of drug-likeness (QED) is 0.385. The number of carboxylic acid groups (broad SMARTS) is 1. The third-order valence-corrected chi connectivity index (χ3v) is 6.50. The number of ether oxygens (including phenoxy) is 2. The molecule has 4 rings (SSSR count). The summed E-state index contributed by atoms with van der Waals surface area (Å²) in [5.41, 5.74) is 5.08. The fourth-order valence-corrected chi connectivity index (χ4v) is 4.51. The van der Waals surface area contributed by atoms with Gasteiger partial charge in [-0.2, -0.15) is 0 Å². The predicted molar refractivity (Wildman–Crippen MR) is 134 cm³/mol. The minimum Gasteiger partial charge on any atom is -0.479 e. The second-order valence-electron chi connectivity index (χ2n) is 7.92. The van der Waals surface area contributed by atoms with Crippen molar-refractivity contribution in [1.82, 2.24) is 5.32 Å². The van der Waals surface area contributed by atoms with Crippen LogP contribution in [0.4, 0.5) is 10.5 Å². The molecule has 3 aromatic carbocycles. The molecular weight excluding hydrogens is 516 g/mol. The molecular formula is C26H23BrN2O6. The first-order valence-corrected chi connectivity index (χ1v) is 11.6. The number of carbonyl (C=O) groups is 3. The van der Waals surface area contributed by atoms with Gasteiger partial charge in [0.1, 0.15) is 6.61 Å². The van der Waals surface area contributed by atoms with E-state index in [1.807, 2.05) is 36.4 Å². The summed E-state index contributed by atoms with van der Waals surface area (Å²) in [7, 11) is 1.25. The number of nitrogens with one attached hydrogen (secondary N) is 2. The average Bonchev–Trinajstić information content (AvgIpc) is 3.17. The molecule has 3 N–H and O–H groups in total. The Bertz CT molecular complexity index is 1230. The van der Waals surface area contributed by atoms with Crippen LogP contribution in [-0.2, 0) is 14.3 Å². The highest BCUT2D eigenvalue weighted by atomic mass is 79.9. The first-order valence-electron chi connectivity index (χ1n) is 10.8. The Kier molecular flexibility index (Phi) is 7.48. The van der Waals surface area contributed by atoms with Gasteiger partial charge in [-0.1, -0.05) is 48.5 Å². The molecule has 0 saturated carbocycles. The molecule has 0 saturated heterocycles. The monoisotopic (exact) mass is 538 g/mol. The van der Waals surface area contributed by atoms with Gasteiger partial charge in [0, 0.05) is 23.2 Å². The van der Waals surface area contributed by atoms with Crippen LogP contribution in [0.1, 0.15) is 27.4 Å². The van der Waals surface area contributed by atoms with Crippen molar-refractivity contribution in [2.75, 3.05) is 25.6 Å². The van der Waals surface area contributed by atoms with E-state index in [9.17, 15) is 14.4 Å². The van der Waals surface area contributed by atoms with Crippen molar-refractivity contribution in [3.05, 3.63) is 87.9 Å². The van der Waals surface area contributed by atoms with E-state index in [1.165, 1.54) is 13.2 Å². The van der Waals surface area contributed by atoms with Crippen molar-refractivity contribution in [3.63, 3.8) is 0 Å². The molecule has 180 valence electrons. The normalized spacial score (nSPS) is 12.9. The zero-order valence-electron chi connectivity index (χ0n) is 18.8. The number of methoxy groups -OCH3 is 1. The molecule has 2 amide bonds. The SMILES string of the molecule is COC(CNC(=O)c1cc(NC(=O)OCC2c3ccccc3-c3ccccc32)ccc1Br)C(=O)O. The summed E-state index contributed by atoms with van der Waals surface area (Å²) in [6.45, 7) is -0.0432. The van der Waals surface area contributed by atoms with Crippen LogP contribution >= 0.6 is 15.9 Å². The van der Waals surface area contributed by atoms with Crippen LogP contribution in [-0.4, -0.2) is 49.4 Å². The lowest BCUT2D eigenvalue weighted by molar-refractivity contribution is -0.148. The van der Waals surface area contributed by atoms with Crippen LogP contribution < -0.4 is 10.6 Å². The Labute approximate surface area is 210 Å². The summed E-state index contributed by atoms with van der Waals surface area (Å²) < 4.78 is 10.9. The van der Waals surface area contributed by atoms with Gasteiger partial charge in [-0.25, -0.2) is 9.59 Å². The summed E-state index contributed by atoms with van der Waals surface area (Å²) >= 11 is 3.30. The molecule has 1 unspecified atom stereocenters. The summed E-state index contributed by atoms with van der Waals surface area (Å²) in [6.07, 6.45) is -1.81. The average molecular weight is 539 g/mol. The standard InChI is InChI=1S/C26H23BrN2O6/c1-34-23(25(31)32)13-28-24(30)20-12-15(10-11-22(20)27)29-26(33)35-14-21-18-8-4-2-6-16(18)17-7-3-5-9-19(17)21/h2-12,21,23H,13-14H2,1H3,(H,28,30)(H,29,33)(H,31,32). The lowest BCUT2D eigenvalue weighted by Gasteiger charge is -2.15. The molecule has 8 nitrogen and oxygen atoms in total. The highest BCUT2D eigenvalue weighted by Crippen LogP contribution is 2.44. The minimum absolute atomic E-state index is 0.0672. The van der Waals surface area contributed by atoms with Gasteiger partial charge in [0.25, 0.3) is 5.91 Å². The Morgan fingerprint density at radius 1 is 1.00 bits per heavy atom. The first-order chi connectivity index (χ1) is 16.9. The van der Waals surface area contributed by atoms with Gasteiger partial charge in [-0.3, -0.25) is 10.1 Å². The van der Waals surface area contributed by atoms with Crippen LogP contribution in [0.15, 0.2) is 71.2 Å². The van der Waals surface area contributed by atoms with Crippen molar-refractivity contribution in [1.29, 1.82) is 0 Å². The third kappa shape index (κ3) is 5.36. The van der Waals surface area contributed by atoms with E-state index in [0.717, 1.165) is 22.3 Å². The molecule has 0 heterocycles. The molecule has 0 aromatic heterocycles. The fourth-order valence-electron chi connectivity index (χ4n) is 4.08. The number of hydrogen-bond donors (Lipinski definition) is 3. The molecule has 0 spiro atoms. The third-order valence-electron chi connectivity index (χ3n) is 5.81. The van der Waals surface area contributed by atoms with Gasteiger partial charge in [-0.05, 0) is 56.4 Å². The molecule has 1 aliphatic carbocycles. The van der Waals surface area contributed by atoms with Crippen LogP contribution in [0.2, 0.25) is 0 Å². The van der Waals surface area contributed by atoms with E-state index in [1.54, 1.807) is 12.1 Å². The van der Waals surface area contributed by atoms with Crippen molar-refractivity contribution < 1.29 is 29.0 Å². The highest BCUT2D eigenvalue weighted by molar-refractivity contribution is 9.10. The molecule has 35 heavy (non-hydrogen) atoms. The van der Waals surface area contributed by atoms with E-state index >= 15 is 0 Å². The molecule has 1 aliphatic rings. The van der Waals surface area contributed by atoms with Gasteiger partial charge in [0.15, 0.2) is 6.10 Å². The smallest absolute Gasteiger partial charge is 0.411 e. The zero-order chi connectivity index (χ0) is 24.9. The summed E-state index contributed by atoms with van der Waals surface area (Å²) in [5, 5.41) is 14.2. The molecule has 0 bridgehead atoms. The topological polar surface area (TPSA) is 114 Å². The molecule has 0 fully saturated rings. The number of hydrogen-bond acceptors (Lipinski definition) is 5. The summed E-state index contributed by atoms with van der Waals surface area (Å²) in [4.78, 5) is 36.2. The van der Waals surface area contributed by atoms with Gasteiger partial charge in [-0.15, -0.1) is 0 Å². The number of fused-ring (bicyclic) bond motifs is 3. The van der Waals surface area contributed by atoms with Crippen LogP contribution in [0.25, 0.3) is 11.1 Å². The molecule has 3 aromatic rings. The molecule has 9 heteroatoms. The Morgan fingerprint density at radius 3 is 2.23 bits per heavy atom. The first kappa shape index (κ1) is 24.4. The van der Waals surface area contributed by atoms with Crippen molar-refractivity contribution in [2.45, 2.75) is 12.0 Å². The number of anilines is 1. The second kappa shape index (κ2) is 10.7. The van der Waals surface area contributed by atoms with Gasteiger partial charge >= 0.3 is 12.1 Å². The Morgan fingerprint density at radius 2 is 1.63 bits per heavy atom. The van der Waals surface area contributed by atoms with Gasteiger partial charge < -0.3 is 19.9 Å². The summed E-state index contributed by atoms with van der Waals surface area (Å²) in [6, 6.07) is 20.8. The lowest BCUT2D eigenvalue weighted by Crippen LogP contribution is -2.38. The lowest BCUT2D eigenvalue weighted by atomic mass is 9.98. The Hall–Kier alpha value is -3.69. The van der Waals surface area contributed by atoms with E-state index in [0.29, 0.717) is 10.2 Å². The maximum absolute atomic E-state index is 12.6. The predicted octanol–water partition coefficient (Wildman–Crippen LogP) is 4.64. The van der Waals surface area contributed by atoms with Crippen molar-refractivity contribution in [3.8, 4) is 11.1 Å². The number of benzene rings is 3. The number of amides is 2. The van der Waals surface area contributed by atoms with E-state index < -0.39 is 24.1 Å². The highest BCUT2D eigenvalue weighted by Gasteiger charge is 2.29. The van der Waals surface area contributed by atoms with Crippen LogP contribution in [0.3, 0.4) is 0 Å². The van der Waals surface area contributed by atoms with Crippen LogP contribution in [0, 0.1) is 0 Å². The number of rotatable bonds is 8. The van der Waals surface area contributed by atoms with E-state index in [-0.39, 0.29) is 24.6 Å². The largest absolute Gasteiger partial charge is 0.479 e. The van der Waals surface area contributed by atoms with Crippen molar-refractivity contribution >= 4 is 39.6 Å². The molecule has 0 radical (unpaired) electrons. The number of carbonyl (C=O) groups excluding carboxylic acids is 2. The fraction of sp³-hybridized carbons (Fsp3) is 0.192. The van der Waals surface area contributed by atoms with Gasteiger partial charge in [0.05, 0.1) is 12.1 Å². The Balaban J connectivity index is 1.40. The maximum Gasteiger partial charge on any atom is 0.411 e. The van der Waals surface area contributed by atoms with Crippen LogP contribution in [0.5, 0.6) is 0 Å². The van der Waals surface area contributed by atoms with Crippen molar-refractivity contribution in [2.24, 2.45) is 0 Å². The second-order valence-corrected chi connectivity index (χ2v) is 8.77. The minimum atomic E-state index is -1.18. The summed E-state index contributed by atoms with van der Waals surface area (Å²) in [5.74, 6) is -1.77. The number of halogens is 1.